The molecule has 33 heavy (non-hydrogen) atoms. The number of nitrogens with zero attached hydrogens (tertiary/aromatic N) is 3. The molecule has 7 heteroatoms. The Kier molecular flexibility index (Phi) is 7.90. The van der Waals surface area contributed by atoms with Crippen molar-refractivity contribution in [1.82, 2.24) is 9.80 Å². The Morgan fingerprint density at radius 3 is 2.36 bits per heavy atom. The average Bonchev–Trinajstić information content (AvgIpc) is 3.12. The van der Waals surface area contributed by atoms with E-state index in [9.17, 15) is 13.6 Å². The molecule has 0 saturated carbocycles. The molecule has 1 aromatic carbocycles. The molecule has 3 unspecified atom stereocenters. The fraction of sp³-hybridized carbons (Fsp3) is 0.731. The summed E-state index contributed by atoms with van der Waals surface area (Å²) in [6.45, 7) is 10.2. The van der Waals surface area contributed by atoms with E-state index in [1.54, 1.807) is 0 Å². The van der Waals surface area contributed by atoms with Gasteiger partial charge in [0.05, 0.1) is 12.6 Å². The van der Waals surface area contributed by atoms with Crippen LogP contribution in [0.15, 0.2) is 24.3 Å². The predicted octanol–water partition coefficient (Wildman–Crippen LogP) is 4.66. The van der Waals surface area contributed by atoms with E-state index in [0.29, 0.717) is 32.7 Å². The number of rotatable bonds is 8. The van der Waals surface area contributed by atoms with Crippen LogP contribution in [0.4, 0.5) is 14.5 Å². The first kappa shape index (κ1) is 24.4. The summed E-state index contributed by atoms with van der Waals surface area (Å²) in [4.78, 5) is 19.1. The molecule has 3 atom stereocenters. The zero-order chi connectivity index (χ0) is 23.4. The Morgan fingerprint density at radius 1 is 1.03 bits per heavy atom. The van der Waals surface area contributed by atoms with Gasteiger partial charge in [0.15, 0.2) is 0 Å². The number of ether oxygens (including phenoxy) is 1. The van der Waals surface area contributed by atoms with Crippen molar-refractivity contribution in [3.05, 3.63) is 24.3 Å². The van der Waals surface area contributed by atoms with Gasteiger partial charge in [0.1, 0.15) is 5.75 Å². The summed E-state index contributed by atoms with van der Waals surface area (Å²) in [6.07, 6.45) is 3.44. The van der Waals surface area contributed by atoms with Crippen LogP contribution >= 0.6 is 0 Å². The molecule has 0 radical (unpaired) electrons. The molecule has 3 aliphatic rings. The van der Waals surface area contributed by atoms with Crippen molar-refractivity contribution in [3.63, 3.8) is 0 Å². The lowest BCUT2D eigenvalue weighted by Gasteiger charge is -2.35. The third-order valence-corrected chi connectivity index (χ3v) is 7.33. The van der Waals surface area contributed by atoms with Gasteiger partial charge in [-0.05, 0) is 55.4 Å². The quantitative estimate of drug-likeness (QED) is 0.526. The highest BCUT2D eigenvalue weighted by Crippen LogP contribution is 2.32. The number of likely N-dealkylation sites (tertiary alicyclic amines) is 2. The maximum atomic E-state index is 13.5. The molecule has 0 spiro atoms. The van der Waals surface area contributed by atoms with Crippen LogP contribution in [0, 0.1) is 11.8 Å². The Labute approximate surface area is 197 Å². The van der Waals surface area contributed by atoms with Crippen molar-refractivity contribution >= 4 is 11.6 Å². The third-order valence-electron chi connectivity index (χ3n) is 7.33. The Hall–Kier alpha value is -1.73. The number of benzene rings is 1. The highest BCUT2D eigenvalue weighted by molar-refractivity contribution is 5.96. The van der Waals surface area contributed by atoms with E-state index in [0.717, 1.165) is 42.7 Å². The fourth-order valence-electron chi connectivity index (χ4n) is 5.79. The third kappa shape index (κ3) is 6.66. The molecule has 3 aliphatic heterocycles. The second-order valence-corrected chi connectivity index (χ2v) is 10.5. The number of hydrogen-bond donors (Lipinski definition) is 0. The average molecular weight is 464 g/mol. The van der Waals surface area contributed by atoms with Gasteiger partial charge in [0, 0.05) is 64.2 Å². The van der Waals surface area contributed by atoms with Gasteiger partial charge in [0.25, 0.3) is 5.92 Å². The molecule has 5 nitrogen and oxygen atoms in total. The minimum atomic E-state index is -2.54. The summed E-state index contributed by atoms with van der Waals surface area (Å²) in [7, 11) is 0. The standard InChI is InChI=1S/C26H39F2N3O2/c1-20-16-21(2)18-30(17-20)12-3-15-33-24-7-4-22(5-8-24)31-23(6-9-25(31)32)19-29-13-10-26(27,28)11-14-29/h4-5,7-8,20-21,23H,3,6,9-19H2,1-2H3. The predicted molar refractivity (Wildman–Crippen MR) is 127 cm³/mol. The van der Waals surface area contributed by atoms with Crippen LogP contribution in [0.1, 0.15) is 52.4 Å². The topological polar surface area (TPSA) is 36.0 Å². The SMILES string of the molecule is CC1CC(C)CN(CCCOc2ccc(N3C(=O)CCC3CN3CCC(F)(F)CC3)cc2)C1. The lowest BCUT2D eigenvalue weighted by molar-refractivity contribution is -0.117. The van der Waals surface area contributed by atoms with Gasteiger partial charge in [-0.25, -0.2) is 8.78 Å². The highest BCUT2D eigenvalue weighted by atomic mass is 19.3. The van der Waals surface area contributed by atoms with Gasteiger partial charge in [-0.2, -0.15) is 0 Å². The van der Waals surface area contributed by atoms with Crippen molar-refractivity contribution in [2.75, 3.05) is 50.8 Å². The molecule has 184 valence electrons. The van der Waals surface area contributed by atoms with Crippen molar-refractivity contribution in [2.45, 2.75) is 64.3 Å². The minimum Gasteiger partial charge on any atom is -0.494 e. The molecular weight excluding hydrogens is 424 g/mol. The van der Waals surface area contributed by atoms with Crippen molar-refractivity contribution in [1.29, 1.82) is 0 Å². The number of halogens is 2. The fourth-order valence-corrected chi connectivity index (χ4v) is 5.79. The highest BCUT2D eigenvalue weighted by Gasteiger charge is 2.38. The lowest BCUT2D eigenvalue weighted by atomic mass is 9.92. The zero-order valence-corrected chi connectivity index (χ0v) is 20.1. The minimum absolute atomic E-state index is 0.0466. The molecule has 0 N–H and O–H groups in total. The largest absolute Gasteiger partial charge is 0.494 e. The van der Waals surface area contributed by atoms with E-state index >= 15 is 0 Å². The number of piperidine rings is 2. The Morgan fingerprint density at radius 2 is 1.70 bits per heavy atom. The van der Waals surface area contributed by atoms with Crippen LogP contribution in [0.3, 0.4) is 0 Å². The normalized spacial score (nSPS) is 28.9. The molecule has 3 heterocycles. The van der Waals surface area contributed by atoms with Crippen molar-refractivity contribution < 1.29 is 18.3 Å². The summed E-state index contributed by atoms with van der Waals surface area (Å²) in [5.74, 6) is -0.0609. The smallest absolute Gasteiger partial charge is 0.250 e. The van der Waals surface area contributed by atoms with E-state index < -0.39 is 5.92 Å². The second kappa shape index (κ2) is 10.7. The number of carbonyl (C=O) groups is 1. The summed E-state index contributed by atoms with van der Waals surface area (Å²) in [6, 6.07) is 7.81. The monoisotopic (exact) mass is 463 g/mol. The molecule has 0 aliphatic carbocycles. The van der Waals surface area contributed by atoms with Crippen molar-refractivity contribution in [2.24, 2.45) is 11.8 Å². The van der Waals surface area contributed by atoms with Crippen LogP contribution in [0.5, 0.6) is 5.75 Å². The maximum Gasteiger partial charge on any atom is 0.250 e. The van der Waals surface area contributed by atoms with Crippen LogP contribution in [0.25, 0.3) is 0 Å². The molecular formula is C26H39F2N3O2. The van der Waals surface area contributed by atoms with Crippen LogP contribution in [0.2, 0.25) is 0 Å². The van der Waals surface area contributed by atoms with Crippen LogP contribution in [-0.2, 0) is 4.79 Å². The number of hydrogen-bond acceptors (Lipinski definition) is 4. The first-order chi connectivity index (χ1) is 15.8. The lowest BCUT2D eigenvalue weighted by Crippen LogP contribution is -2.46. The first-order valence-corrected chi connectivity index (χ1v) is 12.7. The summed E-state index contributed by atoms with van der Waals surface area (Å²) >= 11 is 0. The van der Waals surface area contributed by atoms with Gasteiger partial charge in [-0.3, -0.25) is 4.79 Å². The van der Waals surface area contributed by atoms with Crippen LogP contribution < -0.4 is 9.64 Å². The van der Waals surface area contributed by atoms with Gasteiger partial charge in [0.2, 0.25) is 5.91 Å². The number of alkyl halides is 2. The van der Waals surface area contributed by atoms with Crippen LogP contribution in [-0.4, -0.2) is 73.5 Å². The van der Waals surface area contributed by atoms with E-state index in [1.165, 1.54) is 19.5 Å². The van der Waals surface area contributed by atoms with Gasteiger partial charge >= 0.3 is 0 Å². The molecule has 3 saturated heterocycles. The molecule has 4 rings (SSSR count). The number of anilines is 1. The zero-order valence-electron chi connectivity index (χ0n) is 20.1. The molecule has 0 aromatic heterocycles. The molecule has 3 fully saturated rings. The number of amides is 1. The Balaban J connectivity index is 1.24. The molecule has 0 bridgehead atoms. The molecule has 1 amide bonds. The van der Waals surface area contributed by atoms with E-state index in [4.69, 9.17) is 4.74 Å². The van der Waals surface area contributed by atoms with Crippen molar-refractivity contribution in [3.8, 4) is 5.75 Å². The maximum absolute atomic E-state index is 13.5. The Bertz CT molecular complexity index is 768. The molecule has 1 aromatic rings. The van der Waals surface area contributed by atoms with Gasteiger partial charge in [-0.1, -0.05) is 13.8 Å². The van der Waals surface area contributed by atoms with E-state index in [-0.39, 0.29) is 24.8 Å². The summed E-state index contributed by atoms with van der Waals surface area (Å²) in [5.41, 5.74) is 0.869. The summed E-state index contributed by atoms with van der Waals surface area (Å²) < 4.78 is 32.9. The van der Waals surface area contributed by atoms with Gasteiger partial charge < -0.3 is 19.4 Å². The van der Waals surface area contributed by atoms with E-state index in [1.807, 2.05) is 29.2 Å². The second-order valence-electron chi connectivity index (χ2n) is 10.5. The van der Waals surface area contributed by atoms with Gasteiger partial charge in [-0.15, -0.1) is 0 Å². The first-order valence-electron chi connectivity index (χ1n) is 12.7. The summed E-state index contributed by atoms with van der Waals surface area (Å²) in [5, 5.41) is 0. The van der Waals surface area contributed by atoms with E-state index in [2.05, 4.69) is 23.6 Å². The number of carbonyl (C=O) groups excluding carboxylic acids is 1.